The van der Waals surface area contributed by atoms with Crippen LogP contribution in [-0.4, -0.2) is 15.0 Å². The highest BCUT2D eigenvalue weighted by atomic mass is 16.3. The summed E-state index contributed by atoms with van der Waals surface area (Å²) in [7, 11) is 0. The Morgan fingerprint density at radius 2 is 0.906 bits per heavy atom. The third kappa shape index (κ3) is 4.73. The van der Waals surface area contributed by atoms with Crippen LogP contribution in [0.25, 0.3) is 110 Å². The summed E-state index contributed by atoms with van der Waals surface area (Å²) >= 11 is 0. The van der Waals surface area contributed by atoms with Crippen molar-refractivity contribution in [3.63, 3.8) is 0 Å². The van der Waals surface area contributed by atoms with Gasteiger partial charge in [0, 0.05) is 27.5 Å². The monoisotopic (exact) mass is 675 g/mol. The third-order valence-electron chi connectivity index (χ3n) is 10.5. The molecule has 246 valence electrons. The van der Waals surface area contributed by atoms with Crippen LogP contribution in [0.1, 0.15) is 0 Å². The van der Waals surface area contributed by atoms with Crippen molar-refractivity contribution < 1.29 is 4.42 Å². The maximum atomic E-state index is 6.25. The van der Waals surface area contributed by atoms with Gasteiger partial charge >= 0.3 is 0 Å². The molecule has 0 N–H and O–H groups in total. The number of hydrogen-bond acceptors (Lipinski definition) is 4. The minimum absolute atomic E-state index is 0.631. The summed E-state index contributed by atoms with van der Waals surface area (Å²) in [6, 6.07) is 61.6. The van der Waals surface area contributed by atoms with Gasteiger partial charge in [-0.05, 0) is 78.5 Å². The van der Waals surface area contributed by atoms with Crippen molar-refractivity contribution in [2.24, 2.45) is 0 Å². The molecule has 0 fully saturated rings. The van der Waals surface area contributed by atoms with Gasteiger partial charge in [-0.15, -0.1) is 0 Å². The van der Waals surface area contributed by atoms with E-state index in [9.17, 15) is 0 Å². The Hall–Kier alpha value is -7.17. The minimum atomic E-state index is 0.631. The molecule has 4 nitrogen and oxygen atoms in total. The summed E-state index contributed by atoms with van der Waals surface area (Å²) in [5.74, 6) is 1.92. The van der Waals surface area contributed by atoms with Crippen LogP contribution in [0.2, 0.25) is 0 Å². The van der Waals surface area contributed by atoms with E-state index >= 15 is 0 Å². The molecule has 2 heterocycles. The molecule has 11 rings (SSSR count). The van der Waals surface area contributed by atoms with Crippen LogP contribution in [0.15, 0.2) is 180 Å². The SMILES string of the molecule is c1ccc(-c2nc(-c3ccc4c(-c5cccc6oc7ccccc7c56)cccc4c3)nc(-c3cc4ccccc4c4c3ccc3ccccc34)n2)cc1. The van der Waals surface area contributed by atoms with E-state index in [0.717, 1.165) is 71.3 Å². The quantitative estimate of drug-likeness (QED) is 0.174. The molecule has 11 aromatic rings. The van der Waals surface area contributed by atoms with Crippen molar-refractivity contribution in [3.05, 3.63) is 176 Å². The lowest BCUT2D eigenvalue weighted by Gasteiger charge is -2.14. The molecule has 0 unspecified atom stereocenters. The molecule has 0 aliphatic rings. The topological polar surface area (TPSA) is 51.8 Å². The van der Waals surface area contributed by atoms with Gasteiger partial charge in [-0.25, -0.2) is 15.0 Å². The van der Waals surface area contributed by atoms with E-state index in [1.165, 1.54) is 21.5 Å². The summed E-state index contributed by atoms with van der Waals surface area (Å²) in [6.07, 6.45) is 0. The Labute approximate surface area is 304 Å². The van der Waals surface area contributed by atoms with Crippen molar-refractivity contribution in [3.8, 4) is 45.3 Å². The minimum Gasteiger partial charge on any atom is -0.456 e. The molecule has 9 aromatic carbocycles. The number of nitrogens with zero attached hydrogens (tertiary/aromatic N) is 3. The average Bonchev–Trinajstić information content (AvgIpc) is 3.62. The lowest BCUT2D eigenvalue weighted by atomic mass is 9.92. The zero-order valence-corrected chi connectivity index (χ0v) is 28.5. The summed E-state index contributed by atoms with van der Waals surface area (Å²) in [6.45, 7) is 0. The van der Waals surface area contributed by atoms with Gasteiger partial charge in [-0.2, -0.15) is 0 Å². The van der Waals surface area contributed by atoms with E-state index in [1.54, 1.807) is 0 Å². The number of benzene rings is 9. The van der Waals surface area contributed by atoms with Crippen LogP contribution >= 0.6 is 0 Å². The standard InChI is InChI=1S/C49H29N3O/c1-2-13-31(14-3-1)47-50-48(52-49(51-47)42-29-33-15-5-7-18-37(33)45-36-17-6-4-12-30(36)24-27-40(42)45)34-25-26-35-32(28-34)16-10-20-38(35)39-21-11-23-44-46(39)41-19-8-9-22-43(41)53-44/h1-29H. The van der Waals surface area contributed by atoms with Crippen molar-refractivity contribution >= 4 is 65.0 Å². The third-order valence-corrected chi connectivity index (χ3v) is 10.5. The Balaban J connectivity index is 1.13. The van der Waals surface area contributed by atoms with Gasteiger partial charge in [0.05, 0.1) is 0 Å². The molecule has 53 heavy (non-hydrogen) atoms. The number of furan rings is 1. The lowest BCUT2D eigenvalue weighted by molar-refractivity contribution is 0.669. The fourth-order valence-electron chi connectivity index (χ4n) is 8.05. The second-order valence-corrected chi connectivity index (χ2v) is 13.5. The lowest BCUT2D eigenvalue weighted by Crippen LogP contribution is -2.01. The Bertz CT molecular complexity index is 3220. The molecule has 0 amide bonds. The number of fused-ring (bicyclic) bond motifs is 9. The van der Waals surface area contributed by atoms with Gasteiger partial charge in [0.1, 0.15) is 11.2 Å². The highest BCUT2D eigenvalue weighted by Gasteiger charge is 2.19. The van der Waals surface area contributed by atoms with Crippen LogP contribution in [0.3, 0.4) is 0 Å². The molecule has 0 atom stereocenters. The van der Waals surface area contributed by atoms with Crippen molar-refractivity contribution in [1.29, 1.82) is 0 Å². The van der Waals surface area contributed by atoms with E-state index in [-0.39, 0.29) is 0 Å². The number of aromatic nitrogens is 3. The van der Waals surface area contributed by atoms with E-state index in [4.69, 9.17) is 19.4 Å². The van der Waals surface area contributed by atoms with Crippen LogP contribution < -0.4 is 0 Å². The fraction of sp³-hybridized carbons (Fsp3) is 0. The van der Waals surface area contributed by atoms with Gasteiger partial charge in [0.2, 0.25) is 0 Å². The summed E-state index contributed by atoms with van der Waals surface area (Å²) in [5, 5.41) is 11.6. The normalized spacial score (nSPS) is 11.8. The van der Waals surface area contributed by atoms with E-state index in [0.29, 0.717) is 17.5 Å². The van der Waals surface area contributed by atoms with Gasteiger partial charge in [0.25, 0.3) is 0 Å². The predicted octanol–water partition coefficient (Wildman–Crippen LogP) is 13.1. The maximum Gasteiger partial charge on any atom is 0.164 e. The molecule has 2 aromatic heterocycles. The number of rotatable bonds is 4. The van der Waals surface area contributed by atoms with Gasteiger partial charge in [-0.1, -0.05) is 152 Å². The maximum absolute atomic E-state index is 6.25. The molecular formula is C49H29N3O. The zero-order chi connectivity index (χ0) is 34.9. The fourth-order valence-corrected chi connectivity index (χ4v) is 8.05. The van der Waals surface area contributed by atoms with Crippen LogP contribution in [0, 0.1) is 0 Å². The molecule has 0 bridgehead atoms. The summed E-state index contributed by atoms with van der Waals surface area (Å²) < 4.78 is 6.25. The van der Waals surface area contributed by atoms with Crippen LogP contribution in [0.5, 0.6) is 0 Å². The van der Waals surface area contributed by atoms with Gasteiger partial charge in [0.15, 0.2) is 17.5 Å². The zero-order valence-electron chi connectivity index (χ0n) is 28.5. The molecule has 0 radical (unpaired) electrons. The number of para-hydroxylation sites is 1. The highest BCUT2D eigenvalue weighted by molar-refractivity contribution is 6.23. The van der Waals surface area contributed by atoms with Gasteiger partial charge in [-0.3, -0.25) is 0 Å². The Kier molecular flexibility index (Phi) is 6.52. The number of hydrogen-bond donors (Lipinski definition) is 0. The molecule has 0 aliphatic carbocycles. The average molecular weight is 676 g/mol. The first-order valence-electron chi connectivity index (χ1n) is 17.9. The Morgan fingerprint density at radius 3 is 1.77 bits per heavy atom. The molecule has 0 saturated heterocycles. The van der Waals surface area contributed by atoms with Crippen molar-refractivity contribution in [1.82, 2.24) is 15.0 Å². The first-order valence-corrected chi connectivity index (χ1v) is 17.9. The van der Waals surface area contributed by atoms with Crippen molar-refractivity contribution in [2.45, 2.75) is 0 Å². The molecule has 0 spiro atoms. The largest absolute Gasteiger partial charge is 0.456 e. The highest BCUT2D eigenvalue weighted by Crippen LogP contribution is 2.41. The van der Waals surface area contributed by atoms with Crippen molar-refractivity contribution in [2.75, 3.05) is 0 Å². The molecule has 4 heteroatoms. The van der Waals surface area contributed by atoms with Crippen LogP contribution in [-0.2, 0) is 0 Å². The summed E-state index contributed by atoms with van der Waals surface area (Å²) in [5.41, 5.74) is 6.93. The predicted molar refractivity (Wildman–Crippen MR) is 219 cm³/mol. The Morgan fingerprint density at radius 1 is 0.302 bits per heavy atom. The second kappa shape index (κ2) is 11.7. The van der Waals surface area contributed by atoms with Gasteiger partial charge < -0.3 is 4.42 Å². The van der Waals surface area contributed by atoms with Crippen LogP contribution in [0.4, 0.5) is 0 Å². The van der Waals surface area contributed by atoms with E-state index in [2.05, 4.69) is 140 Å². The summed E-state index contributed by atoms with van der Waals surface area (Å²) in [4.78, 5) is 15.5. The first kappa shape index (κ1) is 29.5. The first-order chi connectivity index (χ1) is 26.3. The molecule has 0 saturated carbocycles. The van der Waals surface area contributed by atoms with E-state index in [1.807, 2.05) is 36.4 Å². The second-order valence-electron chi connectivity index (χ2n) is 13.5. The molecular weight excluding hydrogens is 647 g/mol. The van der Waals surface area contributed by atoms with E-state index < -0.39 is 0 Å². The smallest absolute Gasteiger partial charge is 0.164 e. The molecule has 0 aliphatic heterocycles.